The third-order valence-electron chi connectivity index (χ3n) is 3.12. The first-order chi connectivity index (χ1) is 7.43. The summed E-state index contributed by atoms with van der Waals surface area (Å²) in [5.41, 5.74) is 2.65. The summed E-state index contributed by atoms with van der Waals surface area (Å²) in [6.45, 7) is 2.16. The molecule has 1 aromatic carbocycles. The molecular weight excluding hydrogens is 184 g/mol. The largest absolute Gasteiger partial charge is 0.361 e. The molecule has 78 valence electrons. The minimum Gasteiger partial charge on any atom is -0.361 e. The Morgan fingerprint density at radius 3 is 3.07 bits per heavy atom. The number of aromatic nitrogens is 1. The van der Waals surface area contributed by atoms with Crippen molar-refractivity contribution in [2.45, 2.75) is 19.4 Å². The molecule has 0 atom stereocenters. The van der Waals surface area contributed by atoms with Crippen LogP contribution in [0.4, 0.5) is 0 Å². The van der Waals surface area contributed by atoms with Gasteiger partial charge in [-0.05, 0) is 42.3 Å². The minimum absolute atomic E-state index is 0.952. The maximum absolute atomic E-state index is 3.53. The van der Waals surface area contributed by atoms with Gasteiger partial charge in [0.2, 0.25) is 0 Å². The summed E-state index contributed by atoms with van der Waals surface area (Å²) in [6, 6.07) is 8.60. The third-order valence-corrected chi connectivity index (χ3v) is 3.12. The number of para-hydroxylation sites is 1. The molecule has 2 nitrogen and oxygen atoms in total. The summed E-state index contributed by atoms with van der Waals surface area (Å²) in [5, 5.41) is 4.83. The Labute approximate surface area is 89.7 Å². The van der Waals surface area contributed by atoms with Gasteiger partial charge in [0.1, 0.15) is 0 Å². The molecule has 1 aliphatic carbocycles. The first-order valence-corrected chi connectivity index (χ1v) is 5.69. The van der Waals surface area contributed by atoms with E-state index in [0.29, 0.717) is 0 Å². The molecular formula is C13H16N2. The van der Waals surface area contributed by atoms with Crippen LogP contribution in [0.1, 0.15) is 18.4 Å². The number of fused-ring (bicyclic) bond motifs is 1. The standard InChI is InChI=1S/C13H16N2/c1-2-11-6-7-15-13(11)12(3-1)9-14-8-10-4-5-10/h1-3,6-7,10,14-15H,4-5,8-9H2. The van der Waals surface area contributed by atoms with E-state index in [-0.39, 0.29) is 0 Å². The van der Waals surface area contributed by atoms with Crippen molar-refractivity contribution in [2.75, 3.05) is 6.54 Å². The summed E-state index contributed by atoms with van der Waals surface area (Å²) in [4.78, 5) is 3.30. The van der Waals surface area contributed by atoms with Gasteiger partial charge >= 0.3 is 0 Å². The number of nitrogens with one attached hydrogen (secondary N) is 2. The second-order valence-corrected chi connectivity index (χ2v) is 4.43. The van der Waals surface area contributed by atoms with Crippen molar-refractivity contribution in [3.8, 4) is 0 Å². The van der Waals surface area contributed by atoms with Crippen molar-refractivity contribution in [1.29, 1.82) is 0 Å². The molecule has 0 aliphatic heterocycles. The molecule has 0 radical (unpaired) electrons. The fourth-order valence-corrected chi connectivity index (χ4v) is 2.03. The van der Waals surface area contributed by atoms with Gasteiger partial charge in [-0.15, -0.1) is 0 Å². The quantitative estimate of drug-likeness (QED) is 0.780. The lowest BCUT2D eigenvalue weighted by atomic mass is 10.1. The van der Waals surface area contributed by atoms with Gasteiger partial charge in [0, 0.05) is 18.3 Å². The van der Waals surface area contributed by atoms with Crippen LogP contribution in [0.15, 0.2) is 30.5 Å². The zero-order chi connectivity index (χ0) is 10.1. The lowest BCUT2D eigenvalue weighted by Crippen LogP contribution is -2.16. The molecule has 0 unspecified atom stereocenters. The molecule has 15 heavy (non-hydrogen) atoms. The van der Waals surface area contributed by atoms with Gasteiger partial charge in [0.15, 0.2) is 0 Å². The second kappa shape index (κ2) is 3.70. The summed E-state index contributed by atoms with van der Waals surface area (Å²) >= 11 is 0. The Morgan fingerprint density at radius 2 is 2.20 bits per heavy atom. The van der Waals surface area contributed by atoms with Gasteiger partial charge in [-0.25, -0.2) is 0 Å². The van der Waals surface area contributed by atoms with E-state index >= 15 is 0 Å². The van der Waals surface area contributed by atoms with E-state index < -0.39 is 0 Å². The maximum Gasteiger partial charge on any atom is 0.0499 e. The fourth-order valence-electron chi connectivity index (χ4n) is 2.03. The predicted octanol–water partition coefficient (Wildman–Crippen LogP) is 2.67. The highest BCUT2D eigenvalue weighted by molar-refractivity contribution is 5.82. The molecule has 0 saturated heterocycles. The van der Waals surface area contributed by atoms with Crippen molar-refractivity contribution >= 4 is 10.9 Å². The van der Waals surface area contributed by atoms with E-state index in [2.05, 4.69) is 34.6 Å². The van der Waals surface area contributed by atoms with Gasteiger partial charge < -0.3 is 10.3 Å². The summed E-state index contributed by atoms with van der Waals surface area (Å²) in [6.07, 6.45) is 4.84. The van der Waals surface area contributed by atoms with Crippen LogP contribution in [-0.2, 0) is 6.54 Å². The van der Waals surface area contributed by atoms with Crippen LogP contribution in [0, 0.1) is 5.92 Å². The highest BCUT2D eigenvalue weighted by Gasteiger charge is 2.20. The average molecular weight is 200 g/mol. The minimum atomic E-state index is 0.952. The molecule has 0 amide bonds. The van der Waals surface area contributed by atoms with E-state index in [4.69, 9.17) is 0 Å². The van der Waals surface area contributed by atoms with E-state index in [9.17, 15) is 0 Å². The van der Waals surface area contributed by atoms with Crippen LogP contribution in [0.5, 0.6) is 0 Å². The van der Waals surface area contributed by atoms with Crippen LogP contribution in [0.3, 0.4) is 0 Å². The summed E-state index contributed by atoms with van der Waals surface area (Å²) in [5.74, 6) is 0.952. The molecule has 1 fully saturated rings. The molecule has 0 spiro atoms. The molecule has 3 rings (SSSR count). The van der Waals surface area contributed by atoms with Gasteiger partial charge in [-0.2, -0.15) is 0 Å². The lowest BCUT2D eigenvalue weighted by Gasteiger charge is -2.05. The lowest BCUT2D eigenvalue weighted by molar-refractivity contribution is 0.640. The fraction of sp³-hybridized carbons (Fsp3) is 0.385. The number of hydrogen-bond acceptors (Lipinski definition) is 1. The van der Waals surface area contributed by atoms with Crippen molar-refractivity contribution in [3.05, 3.63) is 36.0 Å². The van der Waals surface area contributed by atoms with Crippen LogP contribution < -0.4 is 5.32 Å². The van der Waals surface area contributed by atoms with Gasteiger partial charge in [-0.1, -0.05) is 18.2 Å². The molecule has 1 heterocycles. The molecule has 1 aromatic heterocycles. The number of rotatable bonds is 4. The Kier molecular flexibility index (Phi) is 2.22. The topological polar surface area (TPSA) is 27.8 Å². The molecule has 2 heteroatoms. The van der Waals surface area contributed by atoms with Gasteiger partial charge in [0.25, 0.3) is 0 Å². The first-order valence-electron chi connectivity index (χ1n) is 5.69. The van der Waals surface area contributed by atoms with E-state index in [1.807, 2.05) is 6.20 Å². The highest BCUT2D eigenvalue weighted by Crippen LogP contribution is 2.27. The normalized spacial score (nSPS) is 16.0. The monoisotopic (exact) mass is 200 g/mol. The maximum atomic E-state index is 3.53. The number of H-pyrrole nitrogens is 1. The van der Waals surface area contributed by atoms with Crippen LogP contribution in [-0.4, -0.2) is 11.5 Å². The SMILES string of the molecule is c1cc(CNCC2CC2)c2[nH]ccc2c1. The molecule has 2 N–H and O–H groups in total. The van der Waals surface area contributed by atoms with Gasteiger partial charge in [0.05, 0.1) is 0 Å². The number of hydrogen-bond donors (Lipinski definition) is 2. The molecule has 0 bridgehead atoms. The zero-order valence-electron chi connectivity index (χ0n) is 8.79. The Hall–Kier alpha value is -1.28. The summed E-state index contributed by atoms with van der Waals surface area (Å²) < 4.78 is 0. The van der Waals surface area contributed by atoms with E-state index in [1.54, 1.807) is 0 Å². The third kappa shape index (κ3) is 1.90. The van der Waals surface area contributed by atoms with Crippen molar-refractivity contribution in [1.82, 2.24) is 10.3 Å². The van der Waals surface area contributed by atoms with Crippen molar-refractivity contribution < 1.29 is 0 Å². The van der Waals surface area contributed by atoms with Crippen LogP contribution >= 0.6 is 0 Å². The highest BCUT2D eigenvalue weighted by atomic mass is 14.9. The Bertz CT molecular complexity index is 454. The second-order valence-electron chi connectivity index (χ2n) is 4.43. The van der Waals surface area contributed by atoms with Crippen LogP contribution in [0.2, 0.25) is 0 Å². The molecule has 2 aromatic rings. The Balaban J connectivity index is 1.74. The predicted molar refractivity (Wildman–Crippen MR) is 62.7 cm³/mol. The van der Waals surface area contributed by atoms with Crippen molar-refractivity contribution in [3.63, 3.8) is 0 Å². The average Bonchev–Trinajstić information content (AvgIpc) is 2.95. The Morgan fingerprint density at radius 1 is 1.27 bits per heavy atom. The smallest absolute Gasteiger partial charge is 0.0499 e. The van der Waals surface area contributed by atoms with Gasteiger partial charge in [-0.3, -0.25) is 0 Å². The zero-order valence-corrected chi connectivity index (χ0v) is 8.79. The first kappa shape index (κ1) is 8.98. The van der Waals surface area contributed by atoms with Crippen LogP contribution in [0.25, 0.3) is 10.9 Å². The molecule has 1 saturated carbocycles. The number of aromatic amines is 1. The summed E-state index contributed by atoms with van der Waals surface area (Å²) in [7, 11) is 0. The van der Waals surface area contributed by atoms with Crippen molar-refractivity contribution in [2.24, 2.45) is 5.92 Å². The molecule has 1 aliphatic rings. The van der Waals surface area contributed by atoms with E-state index in [1.165, 1.54) is 35.9 Å². The van der Waals surface area contributed by atoms with E-state index in [0.717, 1.165) is 12.5 Å². The number of benzene rings is 1.